The van der Waals surface area contributed by atoms with E-state index in [0.29, 0.717) is 74.2 Å². The lowest BCUT2D eigenvalue weighted by Crippen LogP contribution is -2.33. The van der Waals surface area contributed by atoms with Crippen molar-refractivity contribution < 1.29 is 57.3 Å². The van der Waals surface area contributed by atoms with Gasteiger partial charge in [-0.1, -0.05) is 200 Å². The lowest BCUT2D eigenvalue weighted by atomic mass is 9.71. The number of fused-ring (bicyclic) bond motifs is 12. The van der Waals surface area contributed by atoms with E-state index in [1.54, 1.807) is 0 Å². The van der Waals surface area contributed by atoms with E-state index in [4.69, 9.17) is 18.9 Å². The Morgan fingerprint density at radius 2 is 0.500 bits per heavy atom. The third kappa shape index (κ3) is 17.1. The van der Waals surface area contributed by atoms with E-state index in [1.807, 2.05) is 213 Å². The number of allylic oxidation sites excluding steroid dienone is 4. The number of unbranched alkanes of at least 4 members (excludes halogenated alkanes) is 8. The highest BCUT2D eigenvalue weighted by Crippen LogP contribution is 2.61. The number of nitrogens with zero attached hydrogens (tertiary/aromatic N) is 8. The van der Waals surface area contributed by atoms with E-state index in [2.05, 4.69) is 52.0 Å². The Morgan fingerprint density at radius 1 is 0.300 bits per heavy atom. The number of benzene rings is 4. The molecule has 120 heavy (non-hydrogen) atoms. The lowest BCUT2D eigenvalue weighted by Gasteiger charge is -2.26. The van der Waals surface area contributed by atoms with Crippen LogP contribution in [0.25, 0.3) is 0 Å². The Kier molecular flexibility index (Phi) is 27.4. The zero-order chi connectivity index (χ0) is 84.6. The molecular formula is C100H104N8O12. The largest absolute Gasteiger partial charge is 0.457 e. The molecular weight excluding hydrogens is 1510 g/mol. The Hall–Kier alpha value is -12.5. The Balaban J connectivity index is 0.000000138. The molecule has 0 unspecified atom stereocenters. The van der Waals surface area contributed by atoms with Crippen molar-refractivity contribution in [2.45, 2.75) is 232 Å². The Labute approximate surface area is 702 Å². The van der Waals surface area contributed by atoms with Gasteiger partial charge in [-0.15, -0.1) is 0 Å². The minimum atomic E-state index is -1.21. The Bertz CT molecular complexity index is 4780. The summed E-state index contributed by atoms with van der Waals surface area (Å²) >= 11 is 0. The molecule has 4 aromatic carbocycles. The number of ketones is 4. The molecule has 0 radical (unpaired) electrons. The van der Waals surface area contributed by atoms with Crippen LogP contribution in [0.5, 0.6) is 0 Å². The van der Waals surface area contributed by atoms with Gasteiger partial charge < -0.3 is 37.2 Å². The van der Waals surface area contributed by atoms with E-state index in [9.17, 15) is 59.4 Å². The first-order chi connectivity index (χ1) is 58.4. The smallest absolute Gasteiger partial charge is 0.334 e. The first-order valence-electron chi connectivity index (χ1n) is 42.5. The van der Waals surface area contributed by atoms with Crippen LogP contribution in [0.2, 0.25) is 0 Å². The molecule has 616 valence electrons. The van der Waals surface area contributed by atoms with Gasteiger partial charge in [-0.3, -0.25) is 19.2 Å². The number of carbonyl (C=O) groups is 8. The zero-order valence-electron chi connectivity index (χ0n) is 69.1. The van der Waals surface area contributed by atoms with E-state index in [1.165, 1.54) is 0 Å². The molecule has 0 saturated carbocycles. The predicted molar refractivity (Wildman–Crippen MR) is 449 cm³/mol. The van der Waals surface area contributed by atoms with Crippen molar-refractivity contribution in [1.82, 2.24) is 18.3 Å². The van der Waals surface area contributed by atoms with Crippen molar-refractivity contribution in [3.8, 4) is 24.3 Å². The minimum Gasteiger partial charge on any atom is -0.457 e. The highest BCUT2D eigenvalue weighted by atomic mass is 16.5. The van der Waals surface area contributed by atoms with Gasteiger partial charge in [-0.05, 0) is 119 Å². The summed E-state index contributed by atoms with van der Waals surface area (Å²) in [5.74, 6) is -3.29. The number of aromatic nitrogens is 4. The van der Waals surface area contributed by atoms with Crippen LogP contribution in [-0.4, -0.2) is 65.3 Å². The summed E-state index contributed by atoms with van der Waals surface area (Å²) in [6.07, 6.45) is 20.8. The first-order valence-corrected chi connectivity index (χ1v) is 42.5. The fraction of sp³-hybridized carbons (Fsp3) is 0.400. The summed E-state index contributed by atoms with van der Waals surface area (Å²) in [7, 11) is 0. The molecule has 20 nitrogen and oxygen atoms in total. The molecule has 4 aliphatic carbocycles. The van der Waals surface area contributed by atoms with Gasteiger partial charge in [0.25, 0.3) is 0 Å². The van der Waals surface area contributed by atoms with Crippen molar-refractivity contribution in [2.75, 3.05) is 0 Å². The third-order valence-corrected chi connectivity index (χ3v) is 25.4. The summed E-state index contributed by atoms with van der Waals surface area (Å²) < 4.78 is 30.5. The molecule has 20 heteroatoms. The van der Waals surface area contributed by atoms with Gasteiger partial charge in [0.2, 0.25) is 0 Å². The maximum Gasteiger partial charge on any atom is 0.334 e. The second-order valence-electron chi connectivity index (χ2n) is 32.8. The average Bonchev–Trinajstić information content (AvgIpc) is 1.58. The molecule has 0 saturated heterocycles. The second kappa shape index (κ2) is 38.5. The van der Waals surface area contributed by atoms with Crippen LogP contribution in [0.4, 0.5) is 0 Å². The normalized spacial score (nSPS) is 21.8. The number of Topliss-reactive ketones (excluding diaryl/α,β-unsaturated/α-hetero) is 4. The number of nitriles is 4. The molecule has 0 N–H and O–H groups in total. The van der Waals surface area contributed by atoms with Gasteiger partial charge in [-0.25, -0.2) is 19.2 Å². The zero-order valence-corrected chi connectivity index (χ0v) is 69.1. The molecule has 0 fully saturated rings. The maximum absolute atomic E-state index is 13.3. The van der Waals surface area contributed by atoms with Crippen LogP contribution in [0.15, 0.2) is 239 Å². The third-order valence-electron chi connectivity index (χ3n) is 25.4. The van der Waals surface area contributed by atoms with Crippen molar-refractivity contribution in [3.63, 3.8) is 0 Å². The number of esters is 4. The lowest BCUT2D eigenvalue weighted by molar-refractivity contribution is -0.141. The fourth-order valence-corrected chi connectivity index (χ4v) is 19.2. The standard InChI is InChI=1S/4C25H26N2O3/c4*1-2-3-5-12-22(28)25(17-26)14-19(20-15-27-13-8-11-21(27)23(20)25)24(29)30-16-18-9-6-4-7-10-18/h4*4,6-11,13,23H,2-3,5,12,14-16H2,1H3/t4*23-,25+/m1111/s1. The minimum absolute atomic E-state index is 0.0542. The topological polar surface area (TPSA) is 288 Å². The van der Waals surface area contributed by atoms with Gasteiger partial charge in [0.1, 0.15) is 48.1 Å². The molecule has 8 atom stereocenters. The van der Waals surface area contributed by atoms with Crippen molar-refractivity contribution in [2.24, 2.45) is 21.7 Å². The van der Waals surface area contributed by atoms with Crippen LogP contribution >= 0.6 is 0 Å². The van der Waals surface area contributed by atoms with Crippen LogP contribution in [0.1, 0.15) is 225 Å². The van der Waals surface area contributed by atoms with E-state index in [0.717, 1.165) is 144 Å². The molecule has 0 amide bonds. The molecule has 8 aliphatic rings. The number of hydrogen-bond donors (Lipinski definition) is 0. The molecule has 4 aromatic heterocycles. The van der Waals surface area contributed by atoms with Crippen molar-refractivity contribution in [3.05, 3.63) is 284 Å². The summed E-state index contributed by atoms with van der Waals surface area (Å²) in [6, 6.07) is 63.0. The number of rotatable bonds is 32. The second-order valence-corrected chi connectivity index (χ2v) is 32.8. The van der Waals surface area contributed by atoms with Gasteiger partial charge in [0.05, 0.1) is 24.3 Å². The van der Waals surface area contributed by atoms with E-state index >= 15 is 0 Å². The molecule has 4 aliphatic heterocycles. The average molecular weight is 1610 g/mol. The van der Waals surface area contributed by atoms with Gasteiger partial charge in [0, 0.05) is 171 Å². The summed E-state index contributed by atoms with van der Waals surface area (Å²) in [4.78, 5) is 105. The van der Waals surface area contributed by atoms with Gasteiger partial charge >= 0.3 is 23.9 Å². The Morgan fingerprint density at radius 3 is 0.683 bits per heavy atom. The van der Waals surface area contributed by atoms with Crippen molar-refractivity contribution in [1.29, 1.82) is 21.0 Å². The highest BCUT2D eigenvalue weighted by molar-refractivity contribution is 6.01. The van der Waals surface area contributed by atoms with E-state index < -0.39 is 45.5 Å². The molecule has 16 rings (SSSR count). The number of ether oxygens (including phenoxy) is 4. The molecule has 0 spiro atoms. The maximum atomic E-state index is 13.3. The van der Waals surface area contributed by atoms with E-state index in [-0.39, 0.29) is 98.9 Å². The van der Waals surface area contributed by atoms with Crippen LogP contribution in [0.3, 0.4) is 0 Å². The predicted octanol–water partition coefficient (Wildman–Crippen LogP) is 18.8. The van der Waals surface area contributed by atoms with Gasteiger partial charge in [-0.2, -0.15) is 21.0 Å². The van der Waals surface area contributed by atoms with Crippen LogP contribution < -0.4 is 0 Å². The van der Waals surface area contributed by atoms with Crippen molar-refractivity contribution >= 4 is 47.0 Å². The summed E-state index contributed by atoms with van der Waals surface area (Å²) in [5.41, 5.74) is 8.07. The highest BCUT2D eigenvalue weighted by Gasteiger charge is 2.62. The quantitative estimate of drug-likeness (QED) is 0.0215. The summed E-state index contributed by atoms with van der Waals surface area (Å²) in [5, 5.41) is 40.8. The van der Waals surface area contributed by atoms with Crippen LogP contribution in [0, 0.1) is 67.0 Å². The molecule has 8 heterocycles. The summed E-state index contributed by atoms with van der Waals surface area (Å²) in [6.45, 7) is 11.2. The molecule has 0 bridgehead atoms. The van der Waals surface area contributed by atoms with Crippen LogP contribution in [-0.2, 0) is 110 Å². The number of carbonyl (C=O) groups excluding carboxylic acids is 8. The SMILES string of the molecule is CCCCCC(=O)[C@@]1(C#N)CC(C(=O)OCc2ccccc2)=C2Cn3cccc3[C@@H]21.CCCCCC(=O)[C@@]1(C#N)CC(C(=O)OCc2ccccc2)=C2Cn3cccc3[C@@H]21.CCCCCC(=O)[C@@]1(C#N)CC(C(=O)OCc2ccccc2)=C2Cn3cccc3[C@@H]21.CCCCCC(=O)[C@@]1(C#N)CC(C(=O)OCc2ccccc2)=C2Cn3cccc3[C@@H]21. The fourth-order valence-electron chi connectivity index (χ4n) is 19.2. The monoisotopic (exact) mass is 1610 g/mol. The molecule has 8 aromatic rings. The number of hydrogen-bond acceptors (Lipinski definition) is 16. The first kappa shape index (κ1) is 85.4. The van der Waals surface area contributed by atoms with Gasteiger partial charge in [0.15, 0.2) is 23.1 Å².